The summed E-state index contributed by atoms with van der Waals surface area (Å²) < 4.78 is 10.2. The van der Waals surface area contributed by atoms with Gasteiger partial charge in [0.15, 0.2) is 0 Å². The average molecular weight is 223 g/mol. The number of carbonyl (C=O) groups is 1. The second-order valence-corrected chi connectivity index (χ2v) is 4.22. The Kier molecular flexibility index (Phi) is 3.01. The molecule has 1 aliphatic rings. The Balaban J connectivity index is 2.30. The van der Waals surface area contributed by atoms with Crippen LogP contribution in [-0.4, -0.2) is 31.3 Å². The van der Waals surface area contributed by atoms with Crippen LogP contribution in [-0.2, 0) is 19.7 Å². The number of rotatable bonds is 4. The van der Waals surface area contributed by atoms with Crippen LogP contribution in [0.15, 0.2) is 18.3 Å². The number of nitrogens with one attached hydrogen (secondary N) is 1. The van der Waals surface area contributed by atoms with E-state index in [1.807, 2.05) is 25.3 Å². The van der Waals surface area contributed by atoms with E-state index >= 15 is 0 Å². The molecular formula is C12H17NO3. The third kappa shape index (κ3) is 1.53. The van der Waals surface area contributed by atoms with Crippen LogP contribution in [0.2, 0.25) is 0 Å². The highest BCUT2D eigenvalue weighted by Gasteiger charge is 2.50. The predicted molar refractivity (Wildman–Crippen MR) is 59.1 cm³/mol. The molecule has 4 heteroatoms. The molecule has 1 unspecified atom stereocenters. The summed E-state index contributed by atoms with van der Waals surface area (Å²) in [6.45, 7) is 3.17. The van der Waals surface area contributed by atoms with Crippen molar-refractivity contribution in [3.8, 4) is 0 Å². The minimum absolute atomic E-state index is 0.134. The Morgan fingerprint density at radius 2 is 2.44 bits per heavy atom. The Morgan fingerprint density at radius 1 is 1.69 bits per heavy atom. The zero-order chi connectivity index (χ0) is 11.6. The number of hydrogen-bond donors (Lipinski definition) is 1. The number of hydrogen-bond acceptors (Lipinski definition) is 3. The molecule has 0 aliphatic carbocycles. The SMILES string of the molecule is CCC(C(=O)OC)C1(c2ccc[nH]2)COC1. The highest BCUT2D eigenvalue weighted by molar-refractivity contribution is 5.74. The predicted octanol–water partition coefficient (Wildman–Crippen LogP) is 1.48. The second kappa shape index (κ2) is 4.29. The molecule has 1 fully saturated rings. The van der Waals surface area contributed by atoms with E-state index in [1.165, 1.54) is 7.11 Å². The van der Waals surface area contributed by atoms with E-state index < -0.39 is 0 Å². The molecule has 1 saturated heterocycles. The van der Waals surface area contributed by atoms with Crippen LogP contribution in [0.1, 0.15) is 19.0 Å². The van der Waals surface area contributed by atoms with Crippen molar-refractivity contribution in [1.29, 1.82) is 0 Å². The topological polar surface area (TPSA) is 51.3 Å². The number of aromatic amines is 1. The first-order valence-corrected chi connectivity index (χ1v) is 5.54. The third-order valence-corrected chi connectivity index (χ3v) is 3.41. The van der Waals surface area contributed by atoms with Gasteiger partial charge in [-0.25, -0.2) is 0 Å². The van der Waals surface area contributed by atoms with Crippen molar-refractivity contribution in [2.45, 2.75) is 18.8 Å². The van der Waals surface area contributed by atoms with E-state index in [0.717, 1.165) is 12.1 Å². The number of aromatic nitrogens is 1. The lowest BCUT2D eigenvalue weighted by Gasteiger charge is -2.45. The monoisotopic (exact) mass is 223 g/mol. The maximum atomic E-state index is 11.8. The van der Waals surface area contributed by atoms with E-state index in [4.69, 9.17) is 9.47 Å². The number of H-pyrrole nitrogens is 1. The summed E-state index contributed by atoms with van der Waals surface area (Å²) in [6.07, 6.45) is 2.63. The molecule has 0 radical (unpaired) electrons. The Labute approximate surface area is 94.9 Å². The zero-order valence-corrected chi connectivity index (χ0v) is 9.66. The third-order valence-electron chi connectivity index (χ3n) is 3.41. The molecule has 4 nitrogen and oxygen atoms in total. The van der Waals surface area contributed by atoms with Gasteiger partial charge in [-0.2, -0.15) is 0 Å². The van der Waals surface area contributed by atoms with Crippen LogP contribution in [0.3, 0.4) is 0 Å². The molecule has 88 valence electrons. The van der Waals surface area contributed by atoms with Gasteiger partial charge in [-0.1, -0.05) is 6.92 Å². The first kappa shape index (κ1) is 11.2. The van der Waals surface area contributed by atoms with Gasteiger partial charge in [0, 0.05) is 11.9 Å². The van der Waals surface area contributed by atoms with E-state index in [9.17, 15) is 4.79 Å². The average Bonchev–Trinajstić information content (AvgIpc) is 2.75. The normalized spacial score (nSPS) is 19.9. The molecule has 0 bridgehead atoms. The van der Waals surface area contributed by atoms with E-state index in [0.29, 0.717) is 13.2 Å². The fourth-order valence-electron chi connectivity index (χ4n) is 2.43. The second-order valence-electron chi connectivity index (χ2n) is 4.22. The van der Waals surface area contributed by atoms with Crippen LogP contribution >= 0.6 is 0 Å². The molecule has 2 rings (SSSR count). The number of methoxy groups -OCH3 is 1. The first-order valence-electron chi connectivity index (χ1n) is 5.54. The summed E-state index contributed by atoms with van der Waals surface area (Å²) in [7, 11) is 1.44. The fraction of sp³-hybridized carbons (Fsp3) is 0.583. The van der Waals surface area contributed by atoms with Gasteiger partial charge in [0.05, 0.1) is 31.7 Å². The van der Waals surface area contributed by atoms with E-state index in [1.54, 1.807) is 0 Å². The molecule has 0 aromatic carbocycles. The molecule has 1 aromatic heterocycles. The summed E-state index contributed by atoms with van der Waals surface area (Å²) in [4.78, 5) is 15.0. The molecular weight excluding hydrogens is 206 g/mol. The largest absolute Gasteiger partial charge is 0.469 e. The van der Waals surface area contributed by atoms with Crippen molar-refractivity contribution in [1.82, 2.24) is 4.98 Å². The summed E-state index contributed by atoms with van der Waals surface area (Å²) in [5, 5.41) is 0. The standard InChI is InChI=1S/C12H17NO3/c1-3-9(11(14)15-2)12(7-16-8-12)10-5-4-6-13-10/h4-6,9,13H,3,7-8H2,1-2H3. The Bertz CT molecular complexity index is 354. The van der Waals surface area contributed by atoms with E-state index in [-0.39, 0.29) is 17.3 Å². The minimum atomic E-state index is -0.217. The number of esters is 1. The molecule has 0 amide bonds. The summed E-state index contributed by atoms with van der Waals surface area (Å²) >= 11 is 0. The lowest BCUT2D eigenvalue weighted by atomic mass is 9.70. The smallest absolute Gasteiger partial charge is 0.309 e. The Hall–Kier alpha value is -1.29. The fourth-order valence-corrected chi connectivity index (χ4v) is 2.43. The van der Waals surface area contributed by atoms with Crippen molar-refractivity contribution >= 4 is 5.97 Å². The van der Waals surface area contributed by atoms with Gasteiger partial charge in [0.25, 0.3) is 0 Å². The van der Waals surface area contributed by atoms with Gasteiger partial charge in [-0.3, -0.25) is 4.79 Å². The maximum absolute atomic E-state index is 11.8. The Morgan fingerprint density at radius 3 is 2.81 bits per heavy atom. The van der Waals surface area contributed by atoms with E-state index in [2.05, 4.69) is 4.98 Å². The lowest BCUT2D eigenvalue weighted by molar-refractivity contribution is -0.161. The van der Waals surface area contributed by atoms with Gasteiger partial charge in [0.2, 0.25) is 0 Å². The van der Waals surface area contributed by atoms with Gasteiger partial charge in [-0.05, 0) is 18.6 Å². The van der Waals surface area contributed by atoms with Crippen LogP contribution in [0.5, 0.6) is 0 Å². The van der Waals surface area contributed by atoms with Crippen LogP contribution in [0.25, 0.3) is 0 Å². The van der Waals surface area contributed by atoms with Crippen LogP contribution < -0.4 is 0 Å². The number of ether oxygens (including phenoxy) is 2. The van der Waals surface area contributed by atoms with Crippen molar-refractivity contribution in [2.24, 2.45) is 5.92 Å². The molecule has 16 heavy (non-hydrogen) atoms. The van der Waals surface area contributed by atoms with Gasteiger partial charge in [-0.15, -0.1) is 0 Å². The van der Waals surface area contributed by atoms with Crippen LogP contribution in [0.4, 0.5) is 0 Å². The minimum Gasteiger partial charge on any atom is -0.469 e. The van der Waals surface area contributed by atoms with Crippen LogP contribution in [0, 0.1) is 5.92 Å². The highest BCUT2D eigenvalue weighted by Crippen LogP contribution is 2.40. The molecule has 1 aromatic rings. The molecule has 2 heterocycles. The van der Waals surface area contributed by atoms with Crippen molar-refractivity contribution in [3.05, 3.63) is 24.0 Å². The van der Waals surface area contributed by atoms with Gasteiger partial charge in [0.1, 0.15) is 0 Å². The maximum Gasteiger partial charge on any atom is 0.309 e. The summed E-state index contributed by atoms with van der Waals surface area (Å²) in [5.41, 5.74) is 0.849. The first-order chi connectivity index (χ1) is 7.74. The quantitative estimate of drug-likeness (QED) is 0.787. The van der Waals surface area contributed by atoms with Gasteiger partial charge < -0.3 is 14.5 Å². The molecule has 0 spiro atoms. The molecule has 1 N–H and O–H groups in total. The van der Waals surface area contributed by atoms with Crippen molar-refractivity contribution in [2.75, 3.05) is 20.3 Å². The molecule has 1 aliphatic heterocycles. The summed E-state index contributed by atoms with van der Waals surface area (Å²) in [6, 6.07) is 3.95. The summed E-state index contributed by atoms with van der Waals surface area (Å²) in [5.74, 6) is -0.287. The van der Waals surface area contributed by atoms with Crippen molar-refractivity contribution < 1.29 is 14.3 Å². The zero-order valence-electron chi connectivity index (χ0n) is 9.66. The highest BCUT2D eigenvalue weighted by atomic mass is 16.5. The molecule has 1 atom stereocenters. The van der Waals surface area contributed by atoms with Gasteiger partial charge >= 0.3 is 5.97 Å². The van der Waals surface area contributed by atoms with Crippen molar-refractivity contribution in [3.63, 3.8) is 0 Å². The number of carbonyl (C=O) groups excluding carboxylic acids is 1. The molecule has 0 saturated carbocycles. The lowest BCUT2D eigenvalue weighted by Crippen LogP contribution is -2.55.